The predicted octanol–water partition coefficient (Wildman–Crippen LogP) is 6.26. The number of rotatable bonds is 4. The van der Waals surface area contributed by atoms with Crippen molar-refractivity contribution in [3.63, 3.8) is 0 Å². The predicted molar refractivity (Wildman–Crippen MR) is 89.7 cm³/mol. The summed E-state index contributed by atoms with van der Waals surface area (Å²) in [5, 5.41) is 0.844. The topological polar surface area (TPSA) is 0 Å². The average Bonchev–Trinajstić information content (AvgIpc) is 2.51. The third-order valence-electron chi connectivity index (χ3n) is 3.66. The molecule has 3 rings (SSSR count). The van der Waals surface area contributed by atoms with E-state index in [1.165, 1.54) is 46.8 Å². The summed E-state index contributed by atoms with van der Waals surface area (Å²) in [5.74, 6) is 0. The molecule has 0 heterocycles. The molecule has 20 heavy (non-hydrogen) atoms. The Morgan fingerprint density at radius 2 is 1.25 bits per heavy atom. The summed E-state index contributed by atoms with van der Waals surface area (Å²) in [5.41, 5.74) is 0. The van der Waals surface area contributed by atoms with Crippen molar-refractivity contribution in [2.45, 2.75) is 52.0 Å². The Kier molecular flexibility index (Phi) is 5.10. The normalized spacial score (nSPS) is 16.2. The molecule has 0 amide bonds. The number of benzene rings is 2. The van der Waals surface area contributed by atoms with Crippen molar-refractivity contribution in [2.75, 3.05) is 0 Å². The molecule has 0 spiro atoms. The van der Waals surface area contributed by atoms with Crippen molar-refractivity contribution in [3.05, 3.63) is 54.6 Å². The highest BCUT2D eigenvalue weighted by atomic mass is 32.2. The van der Waals surface area contributed by atoms with E-state index in [1.807, 2.05) is 11.8 Å². The molecule has 0 bridgehead atoms. The van der Waals surface area contributed by atoms with Crippen molar-refractivity contribution in [2.24, 2.45) is 0 Å². The third-order valence-corrected chi connectivity index (χ3v) is 6.02. The van der Waals surface area contributed by atoms with Crippen molar-refractivity contribution < 1.29 is 0 Å². The Morgan fingerprint density at radius 1 is 0.650 bits per heavy atom. The highest BCUT2D eigenvalue weighted by Crippen LogP contribution is 2.35. The molecule has 0 aliphatic heterocycles. The van der Waals surface area contributed by atoms with E-state index in [9.17, 15) is 0 Å². The van der Waals surface area contributed by atoms with Crippen LogP contribution in [0.3, 0.4) is 0 Å². The van der Waals surface area contributed by atoms with E-state index >= 15 is 0 Å². The molecule has 2 heteroatoms. The Bertz CT molecular complexity index is 513. The zero-order valence-electron chi connectivity index (χ0n) is 11.6. The quantitative estimate of drug-likeness (QED) is 0.653. The Labute approximate surface area is 130 Å². The summed E-state index contributed by atoms with van der Waals surface area (Å²) in [7, 11) is 0. The van der Waals surface area contributed by atoms with Gasteiger partial charge in [0.05, 0.1) is 0 Å². The van der Waals surface area contributed by atoms with Crippen LogP contribution in [0.5, 0.6) is 0 Å². The minimum atomic E-state index is 0.844. The van der Waals surface area contributed by atoms with Gasteiger partial charge in [0, 0.05) is 19.9 Å². The Balaban J connectivity index is 1.59. The van der Waals surface area contributed by atoms with Crippen molar-refractivity contribution in [1.29, 1.82) is 0 Å². The van der Waals surface area contributed by atoms with Gasteiger partial charge in [0.2, 0.25) is 0 Å². The largest absolute Gasteiger partial charge is 0.123 e. The first-order valence-electron chi connectivity index (χ1n) is 7.40. The number of thioether (sulfide) groups is 1. The Hall–Kier alpha value is -0.860. The van der Waals surface area contributed by atoms with Crippen LogP contribution in [0, 0.1) is 0 Å². The van der Waals surface area contributed by atoms with Gasteiger partial charge in [-0.3, -0.25) is 0 Å². The van der Waals surface area contributed by atoms with Gasteiger partial charge in [-0.1, -0.05) is 49.2 Å². The molecule has 1 fully saturated rings. The van der Waals surface area contributed by atoms with Gasteiger partial charge in [-0.15, -0.1) is 11.8 Å². The molecular weight excluding hydrogens is 280 g/mol. The van der Waals surface area contributed by atoms with Crippen LogP contribution in [-0.4, -0.2) is 5.25 Å². The van der Waals surface area contributed by atoms with Gasteiger partial charge in [-0.25, -0.2) is 0 Å². The lowest BCUT2D eigenvalue weighted by Crippen LogP contribution is -2.07. The first-order valence-corrected chi connectivity index (χ1v) is 9.09. The van der Waals surface area contributed by atoms with Crippen LogP contribution >= 0.6 is 23.5 Å². The maximum absolute atomic E-state index is 2.28. The van der Waals surface area contributed by atoms with E-state index in [0.717, 1.165) is 5.25 Å². The molecule has 0 saturated heterocycles. The minimum Gasteiger partial charge on any atom is -0.123 e. The van der Waals surface area contributed by atoms with E-state index in [1.54, 1.807) is 0 Å². The van der Waals surface area contributed by atoms with Crippen molar-refractivity contribution in [1.82, 2.24) is 0 Å². The summed E-state index contributed by atoms with van der Waals surface area (Å²) < 4.78 is 0. The van der Waals surface area contributed by atoms with Crippen LogP contribution in [0.1, 0.15) is 32.1 Å². The van der Waals surface area contributed by atoms with Crippen LogP contribution in [0.25, 0.3) is 0 Å². The van der Waals surface area contributed by atoms with Gasteiger partial charge in [0.25, 0.3) is 0 Å². The highest BCUT2D eigenvalue weighted by Gasteiger charge is 2.14. The zero-order chi connectivity index (χ0) is 13.6. The van der Waals surface area contributed by atoms with E-state index in [0.29, 0.717) is 0 Å². The van der Waals surface area contributed by atoms with Crippen LogP contribution in [-0.2, 0) is 0 Å². The molecule has 1 aliphatic carbocycles. The molecular formula is C18H20S2. The highest BCUT2D eigenvalue weighted by molar-refractivity contribution is 8.00. The van der Waals surface area contributed by atoms with E-state index < -0.39 is 0 Å². The summed E-state index contributed by atoms with van der Waals surface area (Å²) in [6, 6.07) is 19.6. The molecule has 0 unspecified atom stereocenters. The minimum absolute atomic E-state index is 0.844. The second kappa shape index (κ2) is 7.24. The van der Waals surface area contributed by atoms with Gasteiger partial charge in [0.15, 0.2) is 0 Å². The average molecular weight is 300 g/mol. The van der Waals surface area contributed by atoms with E-state index in [4.69, 9.17) is 0 Å². The molecule has 2 aromatic rings. The maximum Gasteiger partial charge on any atom is 0.0123 e. The standard InChI is InChI=1S/C18H20S2/c1-3-7-15(8-4-1)19-17-11-13-18(14-12-17)20-16-9-5-2-6-10-16/h1,3-4,7-8,11-14,16H,2,5-6,9-10H2. The van der Waals surface area contributed by atoms with Crippen molar-refractivity contribution in [3.8, 4) is 0 Å². The van der Waals surface area contributed by atoms with Crippen molar-refractivity contribution >= 4 is 23.5 Å². The summed E-state index contributed by atoms with van der Waals surface area (Å²) >= 11 is 3.90. The first kappa shape index (κ1) is 14.1. The monoisotopic (exact) mass is 300 g/mol. The summed E-state index contributed by atoms with van der Waals surface area (Å²) in [6.07, 6.45) is 7.05. The van der Waals surface area contributed by atoms with Gasteiger partial charge < -0.3 is 0 Å². The molecule has 2 aromatic carbocycles. The SMILES string of the molecule is c1ccc(Sc2ccc(SC3CCCCC3)cc2)cc1. The van der Waals surface area contributed by atoms with Gasteiger partial charge in [-0.2, -0.15) is 0 Å². The van der Waals surface area contributed by atoms with Gasteiger partial charge in [-0.05, 0) is 49.2 Å². The third kappa shape index (κ3) is 4.07. The molecule has 104 valence electrons. The second-order valence-corrected chi connectivity index (χ2v) is 7.79. The maximum atomic E-state index is 2.28. The lowest BCUT2D eigenvalue weighted by atomic mass is 10.0. The smallest absolute Gasteiger partial charge is 0.0123 e. The lowest BCUT2D eigenvalue weighted by Gasteiger charge is -2.20. The molecule has 0 N–H and O–H groups in total. The molecule has 1 aliphatic rings. The zero-order valence-corrected chi connectivity index (χ0v) is 13.3. The summed E-state index contributed by atoms with van der Waals surface area (Å²) in [6.45, 7) is 0. The van der Waals surface area contributed by atoms with Gasteiger partial charge >= 0.3 is 0 Å². The molecule has 1 saturated carbocycles. The molecule has 0 atom stereocenters. The molecule has 0 radical (unpaired) electrons. The number of hydrogen-bond acceptors (Lipinski definition) is 2. The number of hydrogen-bond donors (Lipinski definition) is 0. The summed E-state index contributed by atoms with van der Waals surface area (Å²) in [4.78, 5) is 4.05. The van der Waals surface area contributed by atoms with Gasteiger partial charge in [0.1, 0.15) is 0 Å². The van der Waals surface area contributed by atoms with E-state index in [-0.39, 0.29) is 0 Å². The lowest BCUT2D eigenvalue weighted by molar-refractivity contribution is 0.516. The Morgan fingerprint density at radius 3 is 1.95 bits per heavy atom. The molecule has 0 aromatic heterocycles. The first-order chi connectivity index (χ1) is 9.90. The molecule has 0 nitrogen and oxygen atoms in total. The fraction of sp³-hybridized carbons (Fsp3) is 0.333. The van der Waals surface area contributed by atoms with E-state index in [2.05, 4.69) is 66.4 Å². The van der Waals surface area contributed by atoms with Crippen LogP contribution < -0.4 is 0 Å². The van der Waals surface area contributed by atoms with Crippen LogP contribution in [0.15, 0.2) is 69.3 Å². The fourth-order valence-corrected chi connectivity index (χ4v) is 4.67. The van der Waals surface area contributed by atoms with Crippen LogP contribution in [0.4, 0.5) is 0 Å². The second-order valence-electron chi connectivity index (χ2n) is 5.26. The fourth-order valence-electron chi connectivity index (χ4n) is 2.59. The van der Waals surface area contributed by atoms with Crippen LogP contribution in [0.2, 0.25) is 0 Å².